The molecule has 4 amide bonds. The van der Waals surface area contributed by atoms with Gasteiger partial charge in [-0.15, -0.1) is 0 Å². The maximum absolute atomic E-state index is 16.3. The maximum Gasteiger partial charge on any atom is 0.255 e. The van der Waals surface area contributed by atoms with Crippen molar-refractivity contribution in [1.82, 2.24) is 20.0 Å². The Morgan fingerprint density at radius 1 is 0.781 bits per heavy atom. The first-order chi connectivity index (χ1) is 31.1. The van der Waals surface area contributed by atoms with E-state index in [1.165, 1.54) is 0 Å². The molecular formula is C50H62FN7O6. The number of piperazine rings is 1. The van der Waals surface area contributed by atoms with Crippen LogP contribution in [-0.2, 0) is 27.5 Å². The minimum atomic E-state index is -0.597. The highest BCUT2D eigenvalue weighted by atomic mass is 19.1. The van der Waals surface area contributed by atoms with Gasteiger partial charge in [-0.05, 0) is 104 Å². The van der Waals surface area contributed by atoms with Gasteiger partial charge in [0.15, 0.2) is 0 Å². The lowest BCUT2D eigenvalue weighted by Crippen LogP contribution is -2.62. The van der Waals surface area contributed by atoms with Gasteiger partial charge in [0.1, 0.15) is 17.6 Å². The van der Waals surface area contributed by atoms with Gasteiger partial charge in [0.25, 0.3) is 5.91 Å². The second kappa shape index (κ2) is 17.7. The van der Waals surface area contributed by atoms with Crippen LogP contribution >= 0.6 is 0 Å². The number of benzene rings is 3. The Labute approximate surface area is 375 Å². The number of hydrogen-bond acceptors (Lipinski definition) is 10. The standard InChI is InChI=1S/C50H62FN7O6/c1-64-44-28-43(41(51)27-40(44)46-50(15-2-3-16-50)49(63)58(46)38-6-4-5-35(25-38)32-59)56-19-13-34(14-20-56)30-54-23-21-53(22-24-54)29-33-11-17-55(18-12-33)37-7-8-39-36(26-37)31-57(48(39)62)42-9-10-45(60)52-47(42)61/h4-8,25-28,33-34,42,46,59H,2-3,9-24,29-32H2,1H3,(H,52,60,61)/t42-,46-/m0/s1. The molecule has 64 heavy (non-hydrogen) atoms. The van der Waals surface area contributed by atoms with Crippen LogP contribution < -0.4 is 24.8 Å². The number of aliphatic hydroxyl groups is 1. The van der Waals surface area contributed by atoms with Crippen molar-refractivity contribution in [2.75, 3.05) is 87.3 Å². The Bertz CT molecular complexity index is 2280. The van der Waals surface area contributed by atoms with Gasteiger partial charge in [-0.2, -0.15) is 0 Å². The lowest BCUT2D eigenvalue weighted by Gasteiger charge is -2.55. The van der Waals surface area contributed by atoms with Crippen LogP contribution in [0.25, 0.3) is 0 Å². The first kappa shape index (κ1) is 42.9. The summed E-state index contributed by atoms with van der Waals surface area (Å²) in [6.45, 7) is 10.3. The molecule has 3 aromatic rings. The van der Waals surface area contributed by atoms with E-state index in [-0.39, 0.29) is 48.5 Å². The summed E-state index contributed by atoms with van der Waals surface area (Å²) in [5.41, 5.74) is 4.94. The highest BCUT2D eigenvalue weighted by molar-refractivity contribution is 6.07. The Balaban J connectivity index is 0.686. The van der Waals surface area contributed by atoms with Crippen LogP contribution in [0.1, 0.15) is 97.3 Å². The van der Waals surface area contributed by atoms with E-state index in [9.17, 15) is 24.3 Å². The molecule has 1 spiro atoms. The average Bonchev–Trinajstić information content (AvgIpc) is 3.96. The third-order valence-corrected chi connectivity index (χ3v) is 15.8. The van der Waals surface area contributed by atoms with Crippen molar-refractivity contribution in [1.29, 1.82) is 0 Å². The van der Waals surface area contributed by atoms with E-state index in [0.717, 1.165) is 145 Å². The number of halogens is 1. The summed E-state index contributed by atoms with van der Waals surface area (Å²) < 4.78 is 22.3. The fourth-order valence-electron chi connectivity index (χ4n) is 12.2. The summed E-state index contributed by atoms with van der Waals surface area (Å²) in [6.07, 6.45) is 8.42. The molecule has 10 rings (SSSR count). The fraction of sp³-hybridized carbons (Fsp3) is 0.560. The van der Waals surface area contributed by atoms with Crippen molar-refractivity contribution >= 4 is 40.7 Å². The first-order valence-electron chi connectivity index (χ1n) is 23.8. The molecule has 0 bridgehead atoms. The minimum absolute atomic E-state index is 0.0787. The van der Waals surface area contributed by atoms with E-state index in [1.54, 1.807) is 23.0 Å². The number of β-lactam (4-membered cyclic amide) rings is 1. The summed E-state index contributed by atoms with van der Waals surface area (Å²) in [5.74, 6) is 0.868. The van der Waals surface area contributed by atoms with E-state index in [4.69, 9.17) is 4.74 Å². The highest BCUT2D eigenvalue weighted by Crippen LogP contribution is 2.62. The van der Waals surface area contributed by atoms with Crippen molar-refractivity contribution < 1.29 is 33.4 Å². The van der Waals surface area contributed by atoms with Crippen molar-refractivity contribution in [3.63, 3.8) is 0 Å². The second-order valence-electron chi connectivity index (χ2n) is 19.5. The quantitative estimate of drug-likeness (QED) is 0.189. The number of aliphatic hydroxyl groups excluding tert-OH is 1. The first-order valence-corrected chi connectivity index (χ1v) is 23.8. The largest absolute Gasteiger partial charge is 0.496 e. The molecule has 2 atom stereocenters. The molecule has 1 saturated carbocycles. The van der Waals surface area contributed by atoms with E-state index in [1.807, 2.05) is 42.5 Å². The molecule has 13 nitrogen and oxygen atoms in total. The normalized spacial score (nSPS) is 24.7. The number of hydrogen-bond donors (Lipinski definition) is 2. The molecule has 1 aliphatic carbocycles. The van der Waals surface area contributed by atoms with Crippen LogP contribution in [0.2, 0.25) is 0 Å². The lowest BCUT2D eigenvalue weighted by molar-refractivity contribution is -0.140. The summed E-state index contributed by atoms with van der Waals surface area (Å²) in [6, 6.07) is 16.1. The summed E-state index contributed by atoms with van der Waals surface area (Å²) in [4.78, 5) is 64.5. The molecule has 3 aromatic carbocycles. The van der Waals surface area contributed by atoms with Gasteiger partial charge < -0.3 is 39.2 Å². The number of rotatable bonds is 11. The molecule has 0 aromatic heterocycles. The molecule has 340 valence electrons. The monoisotopic (exact) mass is 875 g/mol. The molecule has 0 radical (unpaired) electrons. The number of carbonyl (C=O) groups is 4. The second-order valence-corrected chi connectivity index (χ2v) is 19.5. The topological polar surface area (TPSA) is 129 Å². The van der Waals surface area contributed by atoms with Crippen LogP contribution in [-0.4, -0.2) is 122 Å². The summed E-state index contributed by atoms with van der Waals surface area (Å²) >= 11 is 0. The van der Waals surface area contributed by atoms with Crippen LogP contribution in [0.5, 0.6) is 5.75 Å². The number of methoxy groups -OCH3 is 1. The van der Waals surface area contributed by atoms with Crippen molar-refractivity contribution in [3.05, 3.63) is 82.7 Å². The van der Waals surface area contributed by atoms with Gasteiger partial charge >= 0.3 is 0 Å². The van der Waals surface area contributed by atoms with E-state index < -0.39 is 11.5 Å². The molecular weight excluding hydrogens is 814 g/mol. The molecule has 6 aliphatic heterocycles. The predicted octanol–water partition coefficient (Wildman–Crippen LogP) is 5.49. The van der Waals surface area contributed by atoms with Gasteiger partial charge in [0.2, 0.25) is 17.7 Å². The molecule has 6 heterocycles. The Morgan fingerprint density at radius 2 is 1.45 bits per heavy atom. The number of anilines is 3. The van der Waals surface area contributed by atoms with Gasteiger partial charge in [-0.3, -0.25) is 24.5 Å². The van der Waals surface area contributed by atoms with Gasteiger partial charge in [-0.25, -0.2) is 4.39 Å². The van der Waals surface area contributed by atoms with Crippen LogP contribution in [0.4, 0.5) is 21.5 Å². The van der Waals surface area contributed by atoms with E-state index >= 15 is 4.39 Å². The van der Waals surface area contributed by atoms with Crippen LogP contribution in [0.15, 0.2) is 54.6 Å². The Kier molecular flexibility index (Phi) is 11.9. The van der Waals surface area contributed by atoms with Crippen molar-refractivity contribution in [3.8, 4) is 5.75 Å². The fourth-order valence-corrected chi connectivity index (χ4v) is 12.2. The number of carbonyl (C=O) groups excluding carboxylic acids is 4. The molecule has 2 N–H and O–H groups in total. The molecule has 5 saturated heterocycles. The van der Waals surface area contributed by atoms with Gasteiger partial charge in [-0.1, -0.05) is 25.0 Å². The third-order valence-electron chi connectivity index (χ3n) is 15.8. The molecule has 14 heteroatoms. The van der Waals surface area contributed by atoms with E-state index in [2.05, 4.69) is 31.0 Å². The van der Waals surface area contributed by atoms with Crippen molar-refractivity contribution in [2.45, 2.75) is 89.4 Å². The number of amides is 4. The zero-order chi connectivity index (χ0) is 44.1. The number of imide groups is 1. The number of fused-ring (bicyclic) bond motifs is 1. The number of nitrogens with zero attached hydrogens (tertiary/aromatic N) is 6. The SMILES string of the molecule is COc1cc(N2CCC(CN3CCN(CC4CCN(c5ccc6c(c5)CN([C@H]5CCC(=O)NC5=O)C6=O)CC4)CC3)CC2)c(F)cc1[C@@H]1N(c2cccc(CO)c2)C(=O)C12CCCC2. The minimum Gasteiger partial charge on any atom is -0.496 e. The Morgan fingerprint density at radius 3 is 2.09 bits per heavy atom. The van der Waals surface area contributed by atoms with Crippen molar-refractivity contribution in [2.24, 2.45) is 17.3 Å². The number of ether oxygens (including phenoxy) is 1. The molecule has 6 fully saturated rings. The lowest BCUT2D eigenvalue weighted by atomic mass is 9.66. The number of nitrogens with one attached hydrogen (secondary N) is 1. The zero-order valence-corrected chi connectivity index (χ0v) is 37.1. The Hall–Kier alpha value is -5.05. The highest BCUT2D eigenvalue weighted by Gasteiger charge is 2.63. The molecule has 0 unspecified atom stereocenters. The third kappa shape index (κ3) is 7.93. The van der Waals surface area contributed by atoms with Gasteiger partial charge in [0, 0.05) is 107 Å². The maximum atomic E-state index is 16.3. The van der Waals surface area contributed by atoms with Crippen LogP contribution in [0, 0.1) is 23.1 Å². The van der Waals surface area contributed by atoms with Crippen LogP contribution in [0.3, 0.4) is 0 Å². The summed E-state index contributed by atoms with van der Waals surface area (Å²) in [5, 5.41) is 12.2. The zero-order valence-electron chi connectivity index (χ0n) is 37.1. The van der Waals surface area contributed by atoms with Gasteiger partial charge in [0.05, 0.1) is 30.9 Å². The predicted molar refractivity (Wildman–Crippen MR) is 242 cm³/mol. The smallest absolute Gasteiger partial charge is 0.255 e. The van der Waals surface area contributed by atoms with E-state index in [0.29, 0.717) is 41.8 Å². The summed E-state index contributed by atoms with van der Waals surface area (Å²) in [7, 11) is 1.64. The number of piperidine rings is 3. The molecule has 7 aliphatic rings. The average molecular weight is 876 g/mol.